The zero-order valence-corrected chi connectivity index (χ0v) is 51.0. The Kier molecular flexibility index (Phi) is 19.9. The van der Waals surface area contributed by atoms with E-state index in [2.05, 4.69) is 26.6 Å². The first-order valence-corrected chi connectivity index (χ1v) is 30.9. The third kappa shape index (κ3) is 14.5. The molecule has 8 amide bonds. The smallest absolute Gasteiger partial charge is 0.410 e. The van der Waals surface area contributed by atoms with Crippen LogP contribution in [-0.4, -0.2) is 143 Å². The first-order chi connectivity index (χ1) is 43.0. The second kappa shape index (κ2) is 28.2. The highest BCUT2D eigenvalue weighted by Gasteiger charge is 2.48. The Hall–Kier alpha value is -9.36. The summed E-state index contributed by atoms with van der Waals surface area (Å²) in [5, 5.41) is 15.1. The number of carbonyl (C=O) groups excluding carboxylic acids is 8. The number of amides is 8. The molecule has 89 heavy (non-hydrogen) atoms. The highest BCUT2D eigenvalue weighted by Crippen LogP contribution is 2.36. The van der Waals surface area contributed by atoms with Crippen LogP contribution in [0.3, 0.4) is 0 Å². The predicted octanol–water partition coefficient (Wildman–Crippen LogP) is 7.94. The Balaban J connectivity index is 0.769. The standard InChI is InChI=1S/C70H79N9O10/c1-6-60(80)72-56-43-76(41-39-52-31-37-58(78(52)66(56)84)64(82)74-61(46-19-11-7-12-20-46)47-21-13-8-14-22-47)68(86)88-54-33-27-50(28-34-54)70(3,4)51-29-35-55(36-30-51)89-69(87)77-42-40-53-32-38-59(79(53)67(85)57(44-77)73-63(81)45(2)71-5)65(83)75-62(48-23-15-9-16-24-48)49-25-17-10-18-26-49/h7-30,33-36,45,52-53,56-59,61-62,71H,6,31-32,37-44H2,1-5H3,(H,72,80)(H,73,81)(H,74,82)(H,75,83). The topological polar surface area (TPSA) is 228 Å². The zero-order valence-electron chi connectivity index (χ0n) is 51.0. The molecule has 0 saturated carbocycles. The van der Waals surface area contributed by atoms with Gasteiger partial charge >= 0.3 is 12.2 Å². The maximum Gasteiger partial charge on any atom is 0.415 e. The Morgan fingerprint density at radius 2 is 0.865 bits per heavy atom. The van der Waals surface area contributed by atoms with Crippen LogP contribution in [0, 0.1) is 0 Å². The lowest BCUT2D eigenvalue weighted by molar-refractivity contribution is -0.145. The van der Waals surface area contributed by atoms with Crippen LogP contribution in [0.25, 0.3) is 0 Å². The van der Waals surface area contributed by atoms with Crippen LogP contribution in [0.2, 0.25) is 0 Å². The van der Waals surface area contributed by atoms with E-state index in [1.54, 1.807) is 55.0 Å². The molecule has 19 nitrogen and oxygen atoms in total. The average molecular weight is 1210 g/mol. The molecule has 19 heteroatoms. The van der Waals surface area contributed by atoms with E-state index in [0.717, 1.165) is 33.4 Å². The van der Waals surface area contributed by atoms with Gasteiger partial charge in [0.15, 0.2) is 0 Å². The molecule has 0 spiro atoms. The maximum atomic E-state index is 14.8. The van der Waals surface area contributed by atoms with Gasteiger partial charge in [0, 0.05) is 37.0 Å². The van der Waals surface area contributed by atoms with Crippen molar-refractivity contribution >= 4 is 47.6 Å². The molecule has 7 atom stereocenters. The Morgan fingerprint density at radius 3 is 1.21 bits per heavy atom. The summed E-state index contributed by atoms with van der Waals surface area (Å²) in [4.78, 5) is 119. The first-order valence-electron chi connectivity index (χ1n) is 30.9. The van der Waals surface area contributed by atoms with Crippen molar-refractivity contribution in [1.82, 2.24) is 46.2 Å². The van der Waals surface area contributed by atoms with Gasteiger partial charge in [0.1, 0.15) is 35.7 Å². The monoisotopic (exact) mass is 1210 g/mol. The van der Waals surface area contributed by atoms with E-state index in [1.807, 2.05) is 159 Å². The molecular weight excluding hydrogens is 1130 g/mol. The van der Waals surface area contributed by atoms with Gasteiger partial charge in [-0.2, -0.15) is 0 Å². The van der Waals surface area contributed by atoms with Crippen LogP contribution >= 0.6 is 0 Å². The fourth-order valence-electron chi connectivity index (χ4n) is 12.7. The van der Waals surface area contributed by atoms with Crippen molar-refractivity contribution in [2.75, 3.05) is 33.2 Å². The highest BCUT2D eigenvalue weighted by atomic mass is 16.6. The average Bonchev–Trinajstić information content (AvgIpc) is 2.89. The van der Waals surface area contributed by atoms with Crippen LogP contribution in [0.1, 0.15) is 118 Å². The molecular formula is C70H79N9O10. The molecule has 0 bridgehead atoms. The second-order valence-electron chi connectivity index (χ2n) is 23.9. The van der Waals surface area contributed by atoms with Crippen LogP contribution < -0.4 is 36.1 Å². The minimum Gasteiger partial charge on any atom is -0.410 e. The van der Waals surface area contributed by atoms with Crippen molar-refractivity contribution in [2.45, 2.75) is 132 Å². The number of hydrogen-bond acceptors (Lipinski definition) is 11. The van der Waals surface area contributed by atoms with E-state index in [4.69, 9.17) is 9.47 Å². The molecule has 10 rings (SSSR count). The molecule has 0 aliphatic carbocycles. The minimum atomic E-state index is -1.18. The van der Waals surface area contributed by atoms with Crippen molar-refractivity contribution in [3.8, 4) is 11.5 Å². The highest BCUT2D eigenvalue weighted by molar-refractivity contribution is 5.95. The summed E-state index contributed by atoms with van der Waals surface area (Å²) in [5.41, 5.74) is 4.77. The minimum absolute atomic E-state index is 0.111. The lowest BCUT2D eigenvalue weighted by Crippen LogP contribution is -2.62. The maximum absolute atomic E-state index is 14.8. The van der Waals surface area contributed by atoms with E-state index in [9.17, 15) is 38.4 Å². The van der Waals surface area contributed by atoms with Gasteiger partial charge in [-0.25, -0.2) is 9.59 Å². The Morgan fingerprint density at radius 1 is 0.506 bits per heavy atom. The van der Waals surface area contributed by atoms with Crippen LogP contribution in [0.4, 0.5) is 9.59 Å². The van der Waals surface area contributed by atoms with Gasteiger partial charge in [-0.15, -0.1) is 0 Å². The fourth-order valence-corrected chi connectivity index (χ4v) is 12.7. The van der Waals surface area contributed by atoms with E-state index >= 15 is 0 Å². The van der Waals surface area contributed by atoms with Gasteiger partial charge in [-0.1, -0.05) is 166 Å². The fraction of sp³-hybridized carbons (Fsp3) is 0.371. The number of fused-ring (bicyclic) bond motifs is 2. The molecule has 7 unspecified atom stereocenters. The summed E-state index contributed by atoms with van der Waals surface area (Å²) in [6.45, 7) is 7.49. The van der Waals surface area contributed by atoms with Crippen LogP contribution in [-0.2, 0) is 34.2 Å². The number of ether oxygens (including phenoxy) is 2. The van der Waals surface area contributed by atoms with Gasteiger partial charge in [0.05, 0.1) is 31.2 Å². The predicted molar refractivity (Wildman–Crippen MR) is 335 cm³/mol. The summed E-state index contributed by atoms with van der Waals surface area (Å²) in [7, 11) is 1.64. The summed E-state index contributed by atoms with van der Waals surface area (Å²) < 4.78 is 11.9. The first kappa shape index (κ1) is 62.7. The lowest BCUT2D eigenvalue weighted by atomic mass is 9.78. The van der Waals surface area contributed by atoms with Gasteiger partial charge in [0.2, 0.25) is 35.4 Å². The molecule has 0 aromatic heterocycles. The summed E-state index contributed by atoms with van der Waals surface area (Å²) in [6.07, 6.45) is 1.40. The van der Waals surface area contributed by atoms with Crippen molar-refractivity contribution < 1.29 is 47.8 Å². The van der Waals surface area contributed by atoms with E-state index in [-0.39, 0.29) is 73.9 Å². The number of carbonyl (C=O) groups is 8. The molecule has 4 aliphatic heterocycles. The van der Waals surface area contributed by atoms with Crippen molar-refractivity contribution in [1.29, 1.82) is 0 Å². The van der Waals surface area contributed by atoms with Crippen molar-refractivity contribution in [3.63, 3.8) is 0 Å². The Labute approximate surface area is 519 Å². The third-order valence-corrected chi connectivity index (χ3v) is 18.0. The van der Waals surface area contributed by atoms with E-state index in [1.165, 1.54) is 9.80 Å². The lowest BCUT2D eigenvalue weighted by Gasteiger charge is -2.38. The van der Waals surface area contributed by atoms with E-state index in [0.29, 0.717) is 38.5 Å². The molecule has 5 N–H and O–H groups in total. The molecule has 4 aliphatic rings. The SMILES string of the molecule is CCC(=O)NC1CN(C(=O)Oc2ccc(C(C)(C)c3ccc(OC(=O)N4CCC5CCC(C(=O)NC(c6ccccc6)c6ccccc6)N5C(=O)C(NC(=O)C(C)NC)C4)cc3)cc2)CCC2CCC(C(=O)NC(c3ccccc3)c3ccccc3)N2C1=O. The quantitative estimate of drug-likeness (QED) is 0.0589. The normalized spacial score (nSPS) is 20.7. The molecule has 4 fully saturated rings. The molecule has 4 heterocycles. The number of nitrogens with one attached hydrogen (secondary N) is 5. The number of nitrogens with zero attached hydrogens (tertiary/aromatic N) is 4. The number of hydrogen-bond donors (Lipinski definition) is 5. The van der Waals surface area contributed by atoms with Crippen LogP contribution in [0.15, 0.2) is 170 Å². The Bertz CT molecular complexity index is 3390. The van der Waals surface area contributed by atoms with Crippen molar-refractivity contribution in [2.24, 2.45) is 0 Å². The summed E-state index contributed by atoms with van der Waals surface area (Å²) in [6, 6.07) is 46.7. The molecule has 464 valence electrons. The zero-order chi connectivity index (χ0) is 62.8. The summed E-state index contributed by atoms with van der Waals surface area (Å²) >= 11 is 0. The van der Waals surface area contributed by atoms with Crippen LogP contribution in [0.5, 0.6) is 11.5 Å². The third-order valence-electron chi connectivity index (χ3n) is 18.0. The van der Waals surface area contributed by atoms with Gasteiger partial charge in [-0.05, 0) is 110 Å². The number of rotatable bonds is 17. The number of likely N-dealkylation sites (N-methyl/N-ethyl adjacent to an activating group) is 1. The van der Waals surface area contributed by atoms with Gasteiger partial charge in [0.25, 0.3) is 0 Å². The van der Waals surface area contributed by atoms with E-state index < -0.39 is 77.6 Å². The second-order valence-corrected chi connectivity index (χ2v) is 23.9. The number of benzene rings is 6. The van der Waals surface area contributed by atoms with Crippen molar-refractivity contribution in [3.05, 3.63) is 203 Å². The molecule has 6 aromatic rings. The summed E-state index contributed by atoms with van der Waals surface area (Å²) in [5.74, 6) is -1.75. The molecule has 6 aromatic carbocycles. The van der Waals surface area contributed by atoms with Gasteiger partial charge < -0.3 is 55.7 Å². The largest absolute Gasteiger partial charge is 0.415 e. The molecule has 0 radical (unpaired) electrons. The molecule has 4 saturated heterocycles. The van der Waals surface area contributed by atoms with Gasteiger partial charge in [-0.3, -0.25) is 28.8 Å².